The Morgan fingerprint density at radius 3 is 2.96 bits per heavy atom. The first-order valence-corrected chi connectivity index (χ1v) is 8.25. The number of nitrogens with one attached hydrogen (secondary N) is 1. The summed E-state index contributed by atoms with van der Waals surface area (Å²) < 4.78 is 8.28. The zero-order valence-corrected chi connectivity index (χ0v) is 13.6. The van der Waals surface area contributed by atoms with Gasteiger partial charge in [-0.25, -0.2) is 4.57 Å². The zero-order chi connectivity index (χ0) is 16.0. The molecule has 120 valence electrons. The first kappa shape index (κ1) is 14.5. The van der Waals surface area contributed by atoms with Crippen LogP contribution in [0.25, 0.3) is 0 Å². The van der Waals surface area contributed by atoms with Gasteiger partial charge in [0.1, 0.15) is 17.3 Å². The van der Waals surface area contributed by atoms with Crippen molar-refractivity contribution >= 4 is 5.82 Å². The summed E-state index contributed by atoms with van der Waals surface area (Å²) in [7, 11) is 0. The zero-order valence-electron chi connectivity index (χ0n) is 13.6. The maximum atomic E-state index is 9.45. The molecule has 1 aromatic carbocycles. The second kappa shape index (κ2) is 5.24. The summed E-state index contributed by atoms with van der Waals surface area (Å²) in [4.78, 5) is 0. The van der Waals surface area contributed by atoms with E-state index in [0.29, 0.717) is 5.92 Å². The first-order valence-electron chi connectivity index (χ1n) is 8.25. The van der Waals surface area contributed by atoms with Crippen molar-refractivity contribution < 1.29 is 14.4 Å². The minimum Gasteiger partial charge on any atom is -0.493 e. The maximum absolute atomic E-state index is 9.45. The molecular formula is C19H23N2O2+. The van der Waals surface area contributed by atoms with Crippen LogP contribution in [0.4, 0.5) is 5.82 Å². The number of anilines is 1. The van der Waals surface area contributed by atoms with Gasteiger partial charge in [0.15, 0.2) is 0 Å². The molecule has 2 aliphatic rings. The molecule has 2 aliphatic heterocycles. The van der Waals surface area contributed by atoms with Crippen molar-refractivity contribution in [1.29, 1.82) is 0 Å². The van der Waals surface area contributed by atoms with E-state index >= 15 is 0 Å². The molecule has 4 heteroatoms. The summed E-state index contributed by atoms with van der Waals surface area (Å²) in [5.41, 5.74) is 2.12. The molecule has 2 N–H and O–H groups in total. The highest BCUT2D eigenvalue weighted by Crippen LogP contribution is 2.45. The van der Waals surface area contributed by atoms with Crippen LogP contribution < -0.4 is 14.6 Å². The Bertz CT molecular complexity index is 742. The highest BCUT2D eigenvalue weighted by Gasteiger charge is 2.49. The molecule has 0 saturated carbocycles. The molecular weight excluding hydrogens is 288 g/mol. The summed E-state index contributed by atoms with van der Waals surface area (Å²) in [6.07, 6.45) is 3.09. The van der Waals surface area contributed by atoms with Gasteiger partial charge in [-0.1, -0.05) is 18.2 Å². The van der Waals surface area contributed by atoms with Crippen LogP contribution in [0.15, 0.2) is 42.6 Å². The van der Waals surface area contributed by atoms with Crippen molar-refractivity contribution in [2.45, 2.75) is 38.5 Å². The predicted molar refractivity (Wildman–Crippen MR) is 88.3 cm³/mol. The number of aromatic nitrogens is 1. The lowest BCUT2D eigenvalue weighted by Crippen LogP contribution is -2.63. The van der Waals surface area contributed by atoms with E-state index in [1.807, 2.05) is 18.2 Å². The molecule has 2 aromatic rings. The van der Waals surface area contributed by atoms with Gasteiger partial charge in [-0.15, -0.1) is 0 Å². The van der Waals surface area contributed by atoms with Crippen LogP contribution >= 0.6 is 0 Å². The van der Waals surface area contributed by atoms with E-state index < -0.39 is 0 Å². The molecule has 1 aromatic heterocycles. The van der Waals surface area contributed by atoms with Gasteiger partial charge in [0, 0.05) is 17.5 Å². The number of fused-ring (bicyclic) bond motifs is 4. The molecule has 2 atom stereocenters. The average Bonchev–Trinajstić information content (AvgIpc) is 2.75. The van der Waals surface area contributed by atoms with Crippen molar-refractivity contribution in [3.05, 3.63) is 53.7 Å². The van der Waals surface area contributed by atoms with Crippen molar-refractivity contribution in [1.82, 2.24) is 0 Å². The van der Waals surface area contributed by atoms with Crippen LogP contribution in [0.1, 0.15) is 37.4 Å². The van der Waals surface area contributed by atoms with E-state index in [-0.39, 0.29) is 18.2 Å². The van der Waals surface area contributed by atoms with E-state index in [1.54, 1.807) is 0 Å². The van der Waals surface area contributed by atoms with Crippen LogP contribution in [0.2, 0.25) is 0 Å². The first-order chi connectivity index (χ1) is 11.1. The van der Waals surface area contributed by atoms with E-state index in [4.69, 9.17) is 4.74 Å². The molecule has 4 nitrogen and oxygen atoms in total. The summed E-state index contributed by atoms with van der Waals surface area (Å²) in [5, 5.41) is 13.1. The minimum absolute atomic E-state index is 0.0277. The second-order valence-electron chi connectivity index (χ2n) is 7.01. The lowest BCUT2D eigenvalue weighted by Gasteiger charge is -2.40. The Morgan fingerprint density at radius 1 is 1.30 bits per heavy atom. The van der Waals surface area contributed by atoms with Gasteiger partial charge in [0.2, 0.25) is 0 Å². The average molecular weight is 311 g/mol. The van der Waals surface area contributed by atoms with Gasteiger partial charge >= 0.3 is 0 Å². The van der Waals surface area contributed by atoms with E-state index in [0.717, 1.165) is 30.2 Å². The van der Waals surface area contributed by atoms with E-state index in [1.165, 1.54) is 5.56 Å². The predicted octanol–water partition coefficient (Wildman–Crippen LogP) is 2.77. The Labute approximate surface area is 136 Å². The Kier molecular flexibility index (Phi) is 3.31. The third-order valence-electron chi connectivity index (χ3n) is 5.38. The number of hydrogen-bond donors (Lipinski definition) is 2. The summed E-state index contributed by atoms with van der Waals surface area (Å²) in [5.74, 6) is 2.47. The molecule has 0 unspecified atom stereocenters. The number of nitrogens with zero attached hydrogens (tertiary/aromatic N) is 1. The monoisotopic (exact) mass is 311 g/mol. The van der Waals surface area contributed by atoms with Gasteiger partial charge in [-0.2, -0.15) is 0 Å². The lowest BCUT2D eigenvalue weighted by atomic mass is 9.75. The van der Waals surface area contributed by atoms with Crippen LogP contribution in [-0.2, 0) is 12.1 Å². The summed E-state index contributed by atoms with van der Waals surface area (Å²) in [6, 6.07) is 12.6. The van der Waals surface area contributed by atoms with Gasteiger partial charge in [0.25, 0.3) is 5.82 Å². The molecule has 0 saturated heterocycles. The van der Waals surface area contributed by atoms with Gasteiger partial charge in [-0.05, 0) is 38.0 Å². The molecule has 0 fully saturated rings. The number of aliphatic hydroxyl groups excluding tert-OH is 1. The number of rotatable bonds is 1. The topological polar surface area (TPSA) is 45.4 Å². The Balaban J connectivity index is 1.87. The number of hydrogen-bond acceptors (Lipinski definition) is 3. The standard InChI is InChI=1S/C19H22N2O2/c1-19(2)15-8-10-23-16-6-4-3-5-14(16)18(15)20-17-11-13(12-22)7-9-21(17)19/h3-7,9,11,15,18,22H,8,10,12H2,1-2H3/p+1/t15-,18+/m0/s1. The molecule has 3 heterocycles. The Morgan fingerprint density at radius 2 is 2.13 bits per heavy atom. The van der Waals surface area contributed by atoms with Crippen molar-refractivity contribution in [2.24, 2.45) is 5.92 Å². The third kappa shape index (κ3) is 2.20. The second-order valence-corrected chi connectivity index (χ2v) is 7.01. The number of ether oxygens (including phenoxy) is 1. The molecule has 0 radical (unpaired) electrons. The van der Waals surface area contributed by atoms with Gasteiger partial charge in [0.05, 0.1) is 19.4 Å². The highest BCUT2D eigenvalue weighted by molar-refractivity contribution is 5.45. The highest BCUT2D eigenvalue weighted by atomic mass is 16.5. The maximum Gasteiger partial charge on any atom is 0.275 e. The molecule has 4 rings (SSSR count). The fraction of sp³-hybridized carbons (Fsp3) is 0.421. The van der Waals surface area contributed by atoms with E-state index in [2.05, 4.69) is 48.1 Å². The molecule has 0 amide bonds. The fourth-order valence-corrected chi connectivity index (χ4v) is 4.08. The van der Waals surface area contributed by atoms with Crippen LogP contribution in [0, 0.1) is 5.92 Å². The van der Waals surface area contributed by atoms with Gasteiger partial charge in [-0.3, -0.25) is 5.32 Å². The van der Waals surface area contributed by atoms with Crippen LogP contribution in [0.5, 0.6) is 5.75 Å². The molecule has 23 heavy (non-hydrogen) atoms. The van der Waals surface area contributed by atoms with E-state index in [9.17, 15) is 5.11 Å². The number of benzene rings is 1. The largest absolute Gasteiger partial charge is 0.493 e. The quantitative estimate of drug-likeness (QED) is 0.796. The smallest absolute Gasteiger partial charge is 0.275 e. The minimum atomic E-state index is -0.0277. The van der Waals surface area contributed by atoms with Crippen molar-refractivity contribution in [3.63, 3.8) is 0 Å². The molecule has 0 bridgehead atoms. The van der Waals surface area contributed by atoms with Gasteiger partial charge < -0.3 is 9.84 Å². The SMILES string of the molecule is CC1(C)[C@H]2CCOc3ccccc3[C@H]2Nc2cc(CO)cc[n+]21. The van der Waals surface area contributed by atoms with Crippen LogP contribution in [-0.4, -0.2) is 11.7 Å². The van der Waals surface area contributed by atoms with Crippen molar-refractivity contribution in [2.75, 3.05) is 11.9 Å². The third-order valence-corrected chi connectivity index (χ3v) is 5.38. The van der Waals surface area contributed by atoms with Crippen LogP contribution in [0.3, 0.4) is 0 Å². The lowest BCUT2D eigenvalue weighted by molar-refractivity contribution is -0.759. The van der Waals surface area contributed by atoms with Crippen molar-refractivity contribution in [3.8, 4) is 5.75 Å². The summed E-state index contributed by atoms with van der Waals surface area (Å²) >= 11 is 0. The number of aliphatic hydroxyl groups is 1. The normalized spacial score (nSPS) is 24.3. The Hall–Kier alpha value is -2.07. The fourth-order valence-electron chi connectivity index (χ4n) is 4.08. The molecule has 0 aliphatic carbocycles. The summed E-state index contributed by atoms with van der Waals surface area (Å²) in [6.45, 7) is 5.39. The number of pyridine rings is 1. The molecule has 0 spiro atoms. The number of para-hydroxylation sites is 1.